The maximum atomic E-state index is 9.41. The molecule has 1 atom stereocenters. The number of aliphatic imine (C=N–C) groups is 2. The molecule has 1 heterocycles. The van der Waals surface area contributed by atoms with Gasteiger partial charge in [0.1, 0.15) is 12.0 Å². The molecule has 0 bridgehead atoms. The van der Waals surface area contributed by atoms with Crippen LogP contribution in [0.5, 0.6) is 0 Å². The molecule has 0 spiro atoms. The van der Waals surface area contributed by atoms with Crippen LogP contribution in [-0.4, -0.2) is 11.7 Å². The van der Waals surface area contributed by atoms with Crippen LogP contribution in [0.15, 0.2) is 168 Å². The SMILES string of the molecule is N#Cc1ccc2ccc(-c3ccc(-c4ccc(C5=NC(c6ccccc6)NC(c6ccccc6)=N5)cc4)c4ccccc34)cc2c1. The molecule has 0 aromatic heterocycles. The molecule has 1 N–H and O–H groups in total. The molecule has 7 aromatic rings. The molecule has 0 aliphatic carbocycles. The number of hydrogen-bond donors (Lipinski definition) is 1. The smallest absolute Gasteiger partial charge is 0.159 e. The number of nitriles is 1. The summed E-state index contributed by atoms with van der Waals surface area (Å²) in [5, 5.41) is 17.5. The molecule has 0 saturated carbocycles. The normalized spacial score (nSPS) is 14.3. The van der Waals surface area contributed by atoms with Crippen molar-refractivity contribution in [3.63, 3.8) is 0 Å². The maximum absolute atomic E-state index is 9.41. The van der Waals surface area contributed by atoms with E-state index in [1.165, 1.54) is 21.9 Å². The first kappa shape index (κ1) is 27.3. The Labute approximate surface area is 267 Å². The topological polar surface area (TPSA) is 60.5 Å². The second-order valence-corrected chi connectivity index (χ2v) is 11.4. The van der Waals surface area contributed by atoms with E-state index in [9.17, 15) is 5.26 Å². The lowest BCUT2D eigenvalue weighted by atomic mass is 9.91. The molecule has 0 radical (unpaired) electrons. The summed E-state index contributed by atoms with van der Waals surface area (Å²) in [6.45, 7) is 0. The Morgan fingerprint density at radius 1 is 0.522 bits per heavy atom. The van der Waals surface area contributed by atoms with Crippen molar-refractivity contribution in [2.24, 2.45) is 9.98 Å². The molecule has 0 fully saturated rings. The zero-order valence-electron chi connectivity index (χ0n) is 24.9. The minimum atomic E-state index is -0.235. The molecule has 46 heavy (non-hydrogen) atoms. The van der Waals surface area contributed by atoms with Gasteiger partial charge in [-0.2, -0.15) is 5.26 Å². The number of nitrogens with one attached hydrogen (secondary N) is 1. The van der Waals surface area contributed by atoms with E-state index in [1.54, 1.807) is 0 Å². The highest BCUT2D eigenvalue weighted by Gasteiger charge is 2.21. The van der Waals surface area contributed by atoms with E-state index in [0.717, 1.165) is 44.4 Å². The van der Waals surface area contributed by atoms with Crippen LogP contribution in [0, 0.1) is 11.3 Å². The van der Waals surface area contributed by atoms with Crippen molar-refractivity contribution in [2.45, 2.75) is 6.17 Å². The van der Waals surface area contributed by atoms with Gasteiger partial charge in [0.25, 0.3) is 0 Å². The molecule has 4 nitrogen and oxygen atoms in total. The minimum absolute atomic E-state index is 0.235. The van der Waals surface area contributed by atoms with Crippen LogP contribution in [0.3, 0.4) is 0 Å². The fourth-order valence-electron chi connectivity index (χ4n) is 6.21. The van der Waals surface area contributed by atoms with Crippen LogP contribution in [0.25, 0.3) is 43.8 Å². The lowest BCUT2D eigenvalue weighted by molar-refractivity contribution is 0.674. The van der Waals surface area contributed by atoms with Crippen LogP contribution in [0.2, 0.25) is 0 Å². The van der Waals surface area contributed by atoms with Gasteiger partial charge in [0, 0.05) is 11.1 Å². The highest BCUT2D eigenvalue weighted by Crippen LogP contribution is 2.37. The summed E-state index contributed by atoms with van der Waals surface area (Å²) >= 11 is 0. The Morgan fingerprint density at radius 3 is 1.85 bits per heavy atom. The average molecular weight is 589 g/mol. The largest absolute Gasteiger partial charge is 0.344 e. The summed E-state index contributed by atoms with van der Waals surface area (Å²) in [5.74, 6) is 1.51. The number of fused-ring (bicyclic) bond motifs is 2. The lowest BCUT2D eigenvalue weighted by Crippen LogP contribution is -2.33. The van der Waals surface area contributed by atoms with Gasteiger partial charge in [0.05, 0.1) is 11.6 Å². The third kappa shape index (κ3) is 5.11. The Bertz CT molecular complexity index is 2330. The van der Waals surface area contributed by atoms with E-state index in [1.807, 2.05) is 54.6 Å². The molecule has 0 amide bonds. The molecular formula is C42H28N4. The van der Waals surface area contributed by atoms with E-state index in [0.29, 0.717) is 11.4 Å². The summed E-state index contributed by atoms with van der Waals surface area (Å²) in [4.78, 5) is 9.99. The number of benzene rings is 7. The van der Waals surface area contributed by atoms with Crippen LogP contribution < -0.4 is 5.32 Å². The molecule has 4 heteroatoms. The monoisotopic (exact) mass is 588 g/mol. The van der Waals surface area contributed by atoms with Gasteiger partial charge in [-0.25, -0.2) is 9.98 Å². The maximum Gasteiger partial charge on any atom is 0.159 e. The van der Waals surface area contributed by atoms with E-state index < -0.39 is 0 Å². The van der Waals surface area contributed by atoms with E-state index in [4.69, 9.17) is 9.98 Å². The van der Waals surface area contributed by atoms with Crippen molar-refractivity contribution in [3.8, 4) is 28.3 Å². The van der Waals surface area contributed by atoms with Gasteiger partial charge < -0.3 is 5.32 Å². The third-order valence-corrected chi connectivity index (χ3v) is 8.56. The highest BCUT2D eigenvalue weighted by atomic mass is 15.2. The van der Waals surface area contributed by atoms with Crippen LogP contribution >= 0.6 is 0 Å². The molecular weight excluding hydrogens is 560 g/mol. The van der Waals surface area contributed by atoms with Crippen LogP contribution in [0.1, 0.15) is 28.4 Å². The quantitative estimate of drug-likeness (QED) is 0.218. The standard InChI is InChI=1S/C42H28N4/c43-27-28-15-16-29-17-22-34(26-35(29)25-28)37-24-23-36(38-13-7-8-14-39(37)38)30-18-20-33(21-19-30)42-45-40(31-9-3-1-4-10-31)44-41(46-42)32-11-5-2-6-12-32/h1-26,40H,(H,44,45,46). The Hall–Kier alpha value is -6.31. The van der Waals surface area contributed by atoms with Gasteiger partial charge in [-0.05, 0) is 67.6 Å². The molecule has 216 valence electrons. The van der Waals surface area contributed by atoms with Crippen molar-refractivity contribution in [1.29, 1.82) is 5.26 Å². The lowest BCUT2D eigenvalue weighted by Gasteiger charge is -2.23. The number of nitrogens with zero attached hydrogens (tertiary/aromatic N) is 3. The Balaban J connectivity index is 1.17. The number of rotatable bonds is 5. The van der Waals surface area contributed by atoms with Gasteiger partial charge >= 0.3 is 0 Å². The first-order valence-electron chi connectivity index (χ1n) is 15.3. The molecule has 1 aliphatic heterocycles. The number of hydrogen-bond acceptors (Lipinski definition) is 4. The van der Waals surface area contributed by atoms with Crippen molar-refractivity contribution >= 4 is 33.2 Å². The van der Waals surface area contributed by atoms with Gasteiger partial charge in [0.15, 0.2) is 5.84 Å². The predicted octanol–water partition coefficient (Wildman–Crippen LogP) is 9.69. The zero-order valence-corrected chi connectivity index (χ0v) is 24.9. The fourth-order valence-corrected chi connectivity index (χ4v) is 6.21. The van der Waals surface area contributed by atoms with Gasteiger partial charge in [-0.15, -0.1) is 0 Å². The molecule has 8 rings (SSSR count). The predicted molar refractivity (Wildman–Crippen MR) is 189 cm³/mol. The van der Waals surface area contributed by atoms with E-state index in [2.05, 4.69) is 115 Å². The van der Waals surface area contributed by atoms with Gasteiger partial charge in [-0.1, -0.05) is 140 Å². The van der Waals surface area contributed by atoms with E-state index >= 15 is 0 Å². The van der Waals surface area contributed by atoms with Crippen molar-refractivity contribution < 1.29 is 0 Å². The first-order valence-corrected chi connectivity index (χ1v) is 15.3. The summed E-state index contributed by atoms with van der Waals surface area (Å²) < 4.78 is 0. The number of amidine groups is 2. The Kier molecular flexibility index (Phi) is 6.90. The van der Waals surface area contributed by atoms with Crippen molar-refractivity contribution in [3.05, 3.63) is 180 Å². The average Bonchev–Trinajstić information content (AvgIpc) is 3.14. The Morgan fingerprint density at radius 2 is 1.13 bits per heavy atom. The third-order valence-electron chi connectivity index (χ3n) is 8.56. The molecule has 0 saturated heterocycles. The van der Waals surface area contributed by atoms with Crippen molar-refractivity contribution in [1.82, 2.24) is 5.32 Å². The summed E-state index contributed by atoms with van der Waals surface area (Å²) in [7, 11) is 0. The second kappa shape index (κ2) is 11.6. The van der Waals surface area contributed by atoms with Crippen molar-refractivity contribution in [2.75, 3.05) is 0 Å². The highest BCUT2D eigenvalue weighted by molar-refractivity contribution is 6.13. The fraction of sp³-hybridized carbons (Fsp3) is 0.0238. The van der Waals surface area contributed by atoms with Crippen LogP contribution in [0.4, 0.5) is 0 Å². The first-order chi connectivity index (χ1) is 22.7. The zero-order chi connectivity index (χ0) is 30.9. The summed E-state index contributed by atoms with van der Waals surface area (Å²) in [6.07, 6.45) is -0.235. The second-order valence-electron chi connectivity index (χ2n) is 11.4. The summed E-state index contributed by atoms with van der Waals surface area (Å²) in [5.41, 5.74) is 8.34. The van der Waals surface area contributed by atoms with Crippen LogP contribution in [-0.2, 0) is 0 Å². The summed E-state index contributed by atoms with van der Waals surface area (Å²) in [6, 6.07) is 56.6. The molecule has 1 unspecified atom stereocenters. The molecule has 7 aromatic carbocycles. The van der Waals surface area contributed by atoms with Gasteiger partial charge in [0.2, 0.25) is 0 Å². The minimum Gasteiger partial charge on any atom is -0.344 e. The van der Waals surface area contributed by atoms with Gasteiger partial charge in [-0.3, -0.25) is 0 Å². The molecule has 1 aliphatic rings. The van der Waals surface area contributed by atoms with E-state index in [-0.39, 0.29) is 6.17 Å².